The summed E-state index contributed by atoms with van der Waals surface area (Å²) < 4.78 is 1.39. The summed E-state index contributed by atoms with van der Waals surface area (Å²) in [5.41, 5.74) is 0.151. The number of aromatic hydroxyl groups is 1. The van der Waals surface area contributed by atoms with Gasteiger partial charge in [0.2, 0.25) is 5.69 Å². The molecule has 1 aromatic heterocycles. The molecular weight excluding hydrogens is 278 g/mol. The van der Waals surface area contributed by atoms with Crippen LogP contribution in [0, 0.1) is 0 Å². The van der Waals surface area contributed by atoms with Gasteiger partial charge in [0.1, 0.15) is 16.0 Å². The van der Waals surface area contributed by atoms with Gasteiger partial charge in [-0.1, -0.05) is 17.3 Å². The number of phenols is 1. The van der Waals surface area contributed by atoms with Crippen LogP contribution in [-0.4, -0.2) is 31.2 Å². The molecule has 6 nitrogen and oxygen atoms in total. The van der Waals surface area contributed by atoms with Gasteiger partial charge in [0.15, 0.2) is 0 Å². The second-order valence-electron chi connectivity index (χ2n) is 2.93. The monoisotopic (exact) mass is 283 g/mol. The smallest absolute Gasteiger partial charge is 0.359 e. The first-order chi connectivity index (χ1) is 7.61. The van der Waals surface area contributed by atoms with Crippen LogP contribution in [0.25, 0.3) is 5.69 Å². The lowest BCUT2D eigenvalue weighted by atomic mass is 10.3. The summed E-state index contributed by atoms with van der Waals surface area (Å²) in [5.74, 6) is -1.20. The number of nitrogens with zero attached hydrogens (tertiary/aromatic N) is 3. The highest BCUT2D eigenvalue weighted by molar-refractivity contribution is 9.10. The van der Waals surface area contributed by atoms with Crippen molar-refractivity contribution in [2.45, 2.75) is 0 Å². The van der Waals surface area contributed by atoms with Gasteiger partial charge in [-0.25, -0.2) is 9.48 Å². The van der Waals surface area contributed by atoms with Crippen molar-refractivity contribution in [2.75, 3.05) is 0 Å². The summed E-state index contributed by atoms with van der Waals surface area (Å²) >= 11 is 3.07. The molecule has 0 aliphatic heterocycles. The number of hydrogen-bond acceptors (Lipinski definition) is 4. The topological polar surface area (TPSA) is 88.2 Å². The van der Waals surface area contributed by atoms with Crippen LogP contribution in [0.3, 0.4) is 0 Å². The van der Waals surface area contributed by atoms with E-state index in [1.54, 1.807) is 18.2 Å². The first-order valence-electron chi connectivity index (χ1n) is 4.24. The Kier molecular flexibility index (Phi) is 2.61. The van der Waals surface area contributed by atoms with Crippen LogP contribution in [0.5, 0.6) is 5.75 Å². The number of hydrogen-bond donors (Lipinski definition) is 2. The van der Waals surface area contributed by atoms with Gasteiger partial charge in [-0.05, 0) is 28.1 Å². The molecule has 0 fully saturated rings. The first-order valence-corrected chi connectivity index (χ1v) is 5.03. The van der Waals surface area contributed by atoms with Crippen LogP contribution in [-0.2, 0) is 0 Å². The normalized spacial score (nSPS) is 10.3. The van der Waals surface area contributed by atoms with Gasteiger partial charge < -0.3 is 10.2 Å². The third-order valence-electron chi connectivity index (χ3n) is 1.93. The van der Waals surface area contributed by atoms with Crippen LogP contribution in [0.2, 0.25) is 0 Å². The van der Waals surface area contributed by atoms with E-state index in [0.717, 1.165) is 0 Å². The highest BCUT2D eigenvalue weighted by atomic mass is 79.9. The Morgan fingerprint density at radius 1 is 1.38 bits per heavy atom. The van der Waals surface area contributed by atoms with Gasteiger partial charge in [-0.2, -0.15) is 0 Å². The van der Waals surface area contributed by atoms with Crippen LogP contribution >= 0.6 is 15.9 Å². The Balaban J connectivity index is 2.58. The molecule has 0 aliphatic rings. The average molecular weight is 284 g/mol. The molecule has 0 atom stereocenters. The number of carboxylic acids is 1. The van der Waals surface area contributed by atoms with E-state index in [0.29, 0.717) is 5.69 Å². The number of aromatic carboxylic acids is 1. The molecule has 1 aromatic carbocycles. The van der Waals surface area contributed by atoms with Crippen LogP contribution in [0.1, 0.15) is 10.5 Å². The maximum Gasteiger partial charge on any atom is 0.359 e. The molecule has 82 valence electrons. The molecule has 0 bridgehead atoms. The van der Waals surface area contributed by atoms with Gasteiger partial charge in [-0.3, -0.25) is 0 Å². The van der Waals surface area contributed by atoms with Gasteiger partial charge in [-0.15, -0.1) is 5.10 Å². The molecule has 2 aromatic rings. The Bertz CT molecular complexity index is 553. The molecular formula is C9H6BrN3O3. The summed E-state index contributed by atoms with van der Waals surface area (Å²) in [7, 11) is 0. The summed E-state index contributed by atoms with van der Waals surface area (Å²) in [4.78, 5) is 10.7. The molecule has 0 spiro atoms. The van der Waals surface area contributed by atoms with E-state index in [-0.39, 0.29) is 16.0 Å². The van der Waals surface area contributed by atoms with E-state index >= 15 is 0 Å². The van der Waals surface area contributed by atoms with Gasteiger partial charge in [0.25, 0.3) is 0 Å². The predicted molar refractivity (Wildman–Crippen MR) is 57.7 cm³/mol. The molecule has 16 heavy (non-hydrogen) atoms. The summed E-state index contributed by atoms with van der Waals surface area (Å²) in [6.45, 7) is 0. The zero-order valence-corrected chi connectivity index (χ0v) is 9.42. The second-order valence-corrected chi connectivity index (χ2v) is 3.69. The van der Waals surface area contributed by atoms with E-state index in [4.69, 9.17) is 5.11 Å². The number of para-hydroxylation sites is 2. The quantitative estimate of drug-likeness (QED) is 0.871. The molecule has 2 N–H and O–H groups in total. The fourth-order valence-corrected chi connectivity index (χ4v) is 1.71. The van der Waals surface area contributed by atoms with Crippen molar-refractivity contribution in [1.29, 1.82) is 0 Å². The minimum absolute atomic E-state index is 0.00922. The molecule has 0 saturated heterocycles. The third-order valence-corrected chi connectivity index (χ3v) is 2.64. The Morgan fingerprint density at radius 3 is 2.62 bits per heavy atom. The van der Waals surface area contributed by atoms with Crippen molar-refractivity contribution in [2.24, 2.45) is 0 Å². The summed E-state index contributed by atoms with van der Waals surface area (Å²) in [5, 5.41) is 25.5. The van der Waals surface area contributed by atoms with E-state index in [2.05, 4.69) is 26.2 Å². The highest BCUT2D eigenvalue weighted by Gasteiger charge is 2.18. The Labute approximate surface area is 98.3 Å². The van der Waals surface area contributed by atoms with Crippen molar-refractivity contribution >= 4 is 21.9 Å². The van der Waals surface area contributed by atoms with Crippen LogP contribution < -0.4 is 0 Å². The molecule has 0 aliphatic carbocycles. The molecule has 1 heterocycles. The highest BCUT2D eigenvalue weighted by Crippen LogP contribution is 2.25. The number of carboxylic acid groups (broad SMARTS) is 1. The van der Waals surface area contributed by atoms with Crippen LogP contribution in [0.4, 0.5) is 0 Å². The second kappa shape index (κ2) is 3.93. The molecule has 0 unspecified atom stereocenters. The van der Waals surface area contributed by atoms with E-state index < -0.39 is 5.97 Å². The molecule has 2 rings (SSSR count). The fraction of sp³-hybridized carbons (Fsp3) is 0. The molecule has 0 amide bonds. The number of phenolic OH excluding ortho intramolecular Hbond substituents is 1. The third kappa shape index (κ3) is 1.65. The molecule has 0 radical (unpaired) electrons. The minimum Gasteiger partial charge on any atom is -0.506 e. The van der Waals surface area contributed by atoms with Crippen molar-refractivity contribution in [3.05, 3.63) is 34.6 Å². The van der Waals surface area contributed by atoms with Crippen molar-refractivity contribution in [3.8, 4) is 11.4 Å². The van der Waals surface area contributed by atoms with E-state index in [1.807, 2.05) is 0 Å². The van der Waals surface area contributed by atoms with Crippen molar-refractivity contribution in [1.82, 2.24) is 15.0 Å². The Morgan fingerprint density at radius 2 is 2.06 bits per heavy atom. The zero-order chi connectivity index (χ0) is 11.7. The largest absolute Gasteiger partial charge is 0.506 e. The lowest BCUT2D eigenvalue weighted by Crippen LogP contribution is -1.99. The van der Waals surface area contributed by atoms with Gasteiger partial charge >= 0.3 is 5.97 Å². The average Bonchev–Trinajstić information content (AvgIpc) is 2.61. The van der Waals surface area contributed by atoms with E-state index in [1.165, 1.54) is 10.7 Å². The summed E-state index contributed by atoms with van der Waals surface area (Å²) in [6.07, 6.45) is 0. The maximum atomic E-state index is 10.7. The SMILES string of the molecule is O=C(O)c1nnn(-c2ccccc2O)c1Br. The number of benzene rings is 1. The molecule has 0 saturated carbocycles. The maximum absolute atomic E-state index is 10.7. The number of rotatable bonds is 2. The minimum atomic E-state index is -1.19. The van der Waals surface area contributed by atoms with Crippen molar-refractivity contribution in [3.63, 3.8) is 0 Å². The predicted octanol–water partition coefficient (Wildman–Crippen LogP) is 1.43. The lowest BCUT2D eigenvalue weighted by molar-refractivity contribution is 0.0689. The van der Waals surface area contributed by atoms with Crippen molar-refractivity contribution < 1.29 is 15.0 Å². The fourth-order valence-electron chi connectivity index (χ4n) is 1.20. The number of aromatic nitrogens is 3. The lowest BCUT2D eigenvalue weighted by Gasteiger charge is -2.03. The Hall–Kier alpha value is -1.89. The summed E-state index contributed by atoms with van der Waals surface area (Å²) in [6, 6.07) is 6.43. The number of carbonyl (C=O) groups is 1. The standard InChI is InChI=1S/C9H6BrN3O3/c10-8-7(9(15)16)11-12-13(8)5-3-1-2-4-6(5)14/h1-4,14H,(H,15,16). The number of halogens is 1. The van der Waals surface area contributed by atoms with Gasteiger partial charge in [0, 0.05) is 0 Å². The van der Waals surface area contributed by atoms with E-state index in [9.17, 15) is 9.90 Å². The zero-order valence-electron chi connectivity index (χ0n) is 7.83. The first kappa shape index (κ1) is 10.6. The molecule has 7 heteroatoms. The van der Waals surface area contributed by atoms with Gasteiger partial charge in [0.05, 0.1) is 0 Å². The van der Waals surface area contributed by atoms with Crippen LogP contribution in [0.15, 0.2) is 28.9 Å².